The number of rotatable bonds is 9. The van der Waals surface area contributed by atoms with Crippen molar-refractivity contribution in [1.82, 2.24) is 19.7 Å². The average Bonchev–Trinajstić information content (AvgIpc) is 3.49. The normalized spacial score (nSPS) is 17.1. The van der Waals surface area contributed by atoms with Gasteiger partial charge >= 0.3 is 4.87 Å². The molecule has 0 saturated carbocycles. The largest absolute Gasteiger partial charge is 0.413 e. The van der Waals surface area contributed by atoms with Crippen LogP contribution in [0.1, 0.15) is 54.7 Å². The lowest BCUT2D eigenvalue weighted by Gasteiger charge is -2.38. The average molecular weight is 597 g/mol. The molecule has 1 saturated heterocycles. The van der Waals surface area contributed by atoms with Gasteiger partial charge in [0.25, 0.3) is 5.91 Å². The summed E-state index contributed by atoms with van der Waals surface area (Å²) in [6.07, 6.45) is 1.36. The van der Waals surface area contributed by atoms with Crippen molar-refractivity contribution in [2.45, 2.75) is 63.9 Å². The van der Waals surface area contributed by atoms with Crippen LogP contribution in [0.4, 0.5) is 0 Å². The number of carbonyl (C=O) groups is 2. The first-order valence-electron chi connectivity index (χ1n) is 14.2. The number of likely N-dealkylation sites (tertiary alicyclic amines) is 1. The quantitative estimate of drug-likeness (QED) is 0.346. The SMILES string of the molecule is CN(C)C(=O)c1cccc([C@@H](CN2CCC(O[Si](C)(C)C(C)(C)C)C2)N(C)C(=O)Cc2ccc3sc(=O)[nH]c3c2)c1. The lowest BCUT2D eigenvalue weighted by atomic mass is 10.0. The molecule has 3 aromatic rings. The van der Waals surface area contributed by atoms with Crippen LogP contribution in [-0.4, -0.2) is 86.7 Å². The zero-order chi connectivity index (χ0) is 30.1. The van der Waals surface area contributed by atoms with Crippen LogP contribution in [0.5, 0.6) is 0 Å². The molecule has 0 bridgehead atoms. The molecule has 222 valence electrons. The molecule has 1 aromatic heterocycles. The van der Waals surface area contributed by atoms with E-state index in [1.807, 2.05) is 54.4 Å². The fraction of sp³-hybridized carbons (Fsp3) is 0.516. The minimum Gasteiger partial charge on any atom is -0.413 e. The number of benzene rings is 2. The predicted octanol–water partition coefficient (Wildman–Crippen LogP) is 5.13. The number of nitrogens with one attached hydrogen (secondary N) is 1. The van der Waals surface area contributed by atoms with E-state index in [1.54, 1.807) is 19.0 Å². The number of nitrogens with zero attached hydrogens (tertiary/aromatic N) is 3. The fourth-order valence-electron chi connectivity index (χ4n) is 5.07. The highest BCUT2D eigenvalue weighted by Crippen LogP contribution is 2.38. The van der Waals surface area contributed by atoms with Crippen LogP contribution in [-0.2, 0) is 15.6 Å². The third kappa shape index (κ3) is 7.35. The number of amides is 2. The number of hydrogen-bond acceptors (Lipinski definition) is 6. The van der Waals surface area contributed by atoms with Gasteiger partial charge in [0, 0.05) is 46.3 Å². The Labute approximate surface area is 248 Å². The number of hydrogen-bond donors (Lipinski definition) is 1. The molecule has 0 spiro atoms. The van der Waals surface area contributed by atoms with Gasteiger partial charge in [0.1, 0.15) is 0 Å². The van der Waals surface area contributed by atoms with Crippen molar-refractivity contribution in [1.29, 1.82) is 0 Å². The Balaban J connectivity index is 1.56. The number of carbonyl (C=O) groups excluding carboxylic acids is 2. The van der Waals surface area contributed by atoms with Crippen molar-refractivity contribution in [2.24, 2.45) is 0 Å². The van der Waals surface area contributed by atoms with Crippen molar-refractivity contribution in [3.05, 3.63) is 68.8 Å². The van der Waals surface area contributed by atoms with E-state index in [9.17, 15) is 14.4 Å². The van der Waals surface area contributed by atoms with E-state index < -0.39 is 8.32 Å². The molecule has 1 unspecified atom stereocenters. The highest BCUT2D eigenvalue weighted by molar-refractivity contribution is 7.16. The van der Waals surface area contributed by atoms with Gasteiger partial charge in [0.15, 0.2) is 8.32 Å². The topological polar surface area (TPSA) is 85.9 Å². The summed E-state index contributed by atoms with van der Waals surface area (Å²) in [6.45, 7) is 13.7. The Morgan fingerprint density at radius 2 is 1.88 bits per heavy atom. The second kappa shape index (κ2) is 12.2. The molecule has 8 nitrogen and oxygen atoms in total. The maximum atomic E-state index is 13.7. The maximum Gasteiger partial charge on any atom is 0.305 e. The predicted molar refractivity (Wildman–Crippen MR) is 169 cm³/mol. The zero-order valence-corrected chi connectivity index (χ0v) is 27.4. The Kier molecular flexibility index (Phi) is 9.28. The lowest BCUT2D eigenvalue weighted by Crippen LogP contribution is -2.45. The molecule has 1 fully saturated rings. The van der Waals surface area contributed by atoms with E-state index >= 15 is 0 Å². The summed E-state index contributed by atoms with van der Waals surface area (Å²) < 4.78 is 7.60. The Morgan fingerprint density at radius 3 is 2.56 bits per heavy atom. The van der Waals surface area contributed by atoms with Crippen LogP contribution in [0.15, 0.2) is 47.3 Å². The van der Waals surface area contributed by atoms with Crippen molar-refractivity contribution < 1.29 is 14.0 Å². The molecular formula is C31H44N4O4SSi. The number of fused-ring (bicyclic) bond motifs is 1. The van der Waals surface area contributed by atoms with Gasteiger partial charge in [0.2, 0.25) is 5.91 Å². The Bertz CT molecular complexity index is 1460. The number of aromatic amines is 1. The highest BCUT2D eigenvalue weighted by atomic mass is 32.1. The monoisotopic (exact) mass is 596 g/mol. The van der Waals surface area contributed by atoms with E-state index in [2.05, 4.69) is 43.7 Å². The van der Waals surface area contributed by atoms with Gasteiger partial charge in [-0.15, -0.1) is 0 Å². The number of thiazole rings is 1. The van der Waals surface area contributed by atoms with Crippen LogP contribution >= 0.6 is 11.3 Å². The van der Waals surface area contributed by atoms with E-state index in [0.29, 0.717) is 12.1 Å². The summed E-state index contributed by atoms with van der Waals surface area (Å²) in [5, 5.41) is 0.147. The summed E-state index contributed by atoms with van der Waals surface area (Å²) >= 11 is 1.17. The van der Waals surface area contributed by atoms with Crippen molar-refractivity contribution >= 4 is 41.7 Å². The smallest absolute Gasteiger partial charge is 0.305 e. The van der Waals surface area contributed by atoms with Gasteiger partial charge in [-0.05, 0) is 59.9 Å². The third-order valence-electron chi connectivity index (χ3n) is 8.55. The summed E-state index contributed by atoms with van der Waals surface area (Å²) in [4.78, 5) is 46.7. The molecule has 10 heteroatoms. The first-order chi connectivity index (χ1) is 19.1. The minimum atomic E-state index is -1.89. The summed E-state index contributed by atoms with van der Waals surface area (Å²) in [6, 6.07) is 13.1. The summed E-state index contributed by atoms with van der Waals surface area (Å²) in [7, 11) is 3.44. The van der Waals surface area contributed by atoms with Gasteiger partial charge in [-0.3, -0.25) is 19.3 Å². The van der Waals surface area contributed by atoms with Crippen molar-refractivity contribution in [3.8, 4) is 0 Å². The molecule has 41 heavy (non-hydrogen) atoms. The summed E-state index contributed by atoms with van der Waals surface area (Å²) in [5.74, 6) is -0.0915. The first-order valence-corrected chi connectivity index (χ1v) is 18.0. The molecule has 0 aliphatic carbocycles. The lowest BCUT2D eigenvalue weighted by molar-refractivity contribution is -0.131. The van der Waals surface area contributed by atoms with E-state index in [1.165, 1.54) is 11.3 Å². The number of aromatic nitrogens is 1. The van der Waals surface area contributed by atoms with Crippen LogP contribution < -0.4 is 4.87 Å². The van der Waals surface area contributed by atoms with Crippen LogP contribution in [0.2, 0.25) is 18.1 Å². The highest BCUT2D eigenvalue weighted by Gasteiger charge is 2.41. The third-order valence-corrected chi connectivity index (χ3v) is 14.0. The van der Waals surface area contributed by atoms with Gasteiger partial charge < -0.3 is 19.2 Å². The van der Waals surface area contributed by atoms with Gasteiger partial charge in [-0.2, -0.15) is 0 Å². The molecule has 1 aliphatic heterocycles. The minimum absolute atomic E-state index is 0.0236. The molecule has 1 N–H and O–H groups in total. The molecule has 0 radical (unpaired) electrons. The molecular weight excluding hydrogens is 553 g/mol. The zero-order valence-electron chi connectivity index (χ0n) is 25.6. The second-order valence-electron chi connectivity index (χ2n) is 12.9. The Hall–Kier alpha value is -2.79. The number of H-pyrrole nitrogens is 1. The van der Waals surface area contributed by atoms with E-state index in [-0.39, 0.29) is 40.3 Å². The molecule has 2 amide bonds. The van der Waals surface area contributed by atoms with E-state index in [4.69, 9.17) is 4.43 Å². The molecule has 2 aromatic carbocycles. The number of likely N-dealkylation sites (N-methyl/N-ethyl adjacent to an activating group) is 1. The fourth-order valence-corrected chi connectivity index (χ4v) is 7.16. The maximum absolute atomic E-state index is 13.7. The standard InChI is InChI=1S/C31H44N4O4SSi/c1-31(2,3)41(7,8)39-24-14-15-35(19-24)20-26(22-10-9-11-23(18-22)29(37)33(4)5)34(6)28(36)17-21-12-13-27-25(16-21)32-30(38)40-27/h9-13,16,18,24,26H,14-15,17,19-20H2,1-8H3,(H,32,38)/t24?,26-/m1/s1. The molecule has 4 rings (SSSR count). The van der Waals surface area contributed by atoms with Gasteiger partial charge in [-0.1, -0.05) is 50.3 Å². The van der Waals surface area contributed by atoms with Gasteiger partial charge in [-0.25, -0.2) is 0 Å². The first kappa shape index (κ1) is 31.1. The molecule has 2 atom stereocenters. The van der Waals surface area contributed by atoms with Crippen LogP contribution in [0, 0.1) is 0 Å². The van der Waals surface area contributed by atoms with Gasteiger partial charge in [0.05, 0.1) is 28.8 Å². The van der Waals surface area contributed by atoms with Crippen molar-refractivity contribution in [3.63, 3.8) is 0 Å². The second-order valence-corrected chi connectivity index (χ2v) is 18.7. The van der Waals surface area contributed by atoms with Crippen molar-refractivity contribution in [2.75, 3.05) is 40.8 Å². The van der Waals surface area contributed by atoms with Crippen LogP contribution in [0.25, 0.3) is 10.2 Å². The molecule has 1 aliphatic rings. The molecule has 2 heterocycles. The Morgan fingerprint density at radius 1 is 1.15 bits per heavy atom. The summed E-state index contributed by atoms with van der Waals surface area (Å²) in [5.41, 5.74) is 3.14. The van der Waals surface area contributed by atoms with E-state index in [0.717, 1.165) is 40.9 Å². The van der Waals surface area contributed by atoms with Crippen LogP contribution in [0.3, 0.4) is 0 Å².